The van der Waals surface area contributed by atoms with Crippen molar-refractivity contribution < 1.29 is 31.2 Å². The maximum absolute atomic E-state index is 12.7. The Labute approximate surface area is 168 Å². The first-order chi connectivity index (χ1) is 13.9. The van der Waals surface area contributed by atoms with E-state index in [1.54, 1.807) is 0 Å². The molecule has 0 bridgehead atoms. The van der Waals surface area contributed by atoms with E-state index >= 15 is 0 Å². The molecule has 3 aromatic rings. The van der Waals surface area contributed by atoms with Gasteiger partial charge in [-0.1, -0.05) is 0 Å². The molecule has 0 unspecified atom stereocenters. The van der Waals surface area contributed by atoms with Gasteiger partial charge < -0.3 is 15.6 Å². The Bertz CT molecular complexity index is 1230. The summed E-state index contributed by atoms with van der Waals surface area (Å²) < 4.78 is 65.3. The van der Waals surface area contributed by atoms with Gasteiger partial charge in [0, 0.05) is 31.3 Å². The molecule has 3 rings (SSSR count). The number of primary amides is 1. The molecule has 0 fully saturated rings. The highest BCUT2D eigenvalue weighted by Gasteiger charge is 2.30. The Morgan fingerprint density at radius 3 is 2.23 bits per heavy atom. The van der Waals surface area contributed by atoms with Crippen molar-refractivity contribution in [2.24, 2.45) is 12.8 Å². The first-order valence-corrected chi connectivity index (χ1v) is 9.72. The number of nitrogens with zero attached hydrogens (tertiary/aromatic N) is 2. The van der Waals surface area contributed by atoms with Crippen LogP contribution in [-0.2, 0) is 23.2 Å². The third-order valence-corrected chi connectivity index (χ3v) is 5.81. The predicted molar refractivity (Wildman–Crippen MR) is 100 cm³/mol. The summed E-state index contributed by atoms with van der Waals surface area (Å²) in [6.45, 7) is 0. The number of hydrogen-bond donors (Lipinski definition) is 2. The fourth-order valence-electron chi connectivity index (χ4n) is 2.65. The monoisotopic (exact) mass is 440 g/mol. The maximum Gasteiger partial charge on any atom is 0.416 e. The number of nitrogens with one attached hydrogen (secondary N) is 1. The van der Waals surface area contributed by atoms with Crippen LogP contribution < -0.4 is 11.1 Å². The second-order valence-electron chi connectivity index (χ2n) is 6.30. The Hall–Kier alpha value is -3.54. The van der Waals surface area contributed by atoms with Gasteiger partial charge in [0.05, 0.1) is 11.1 Å². The van der Waals surface area contributed by atoms with Crippen LogP contribution in [0.4, 0.5) is 18.9 Å². The molecule has 2 amide bonds. The average Bonchev–Trinajstić information content (AvgIpc) is 3.29. The lowest BCUT2D eigenvalue weighted by Gasteiger charge is -2.08. The summed E-state index contributed by atoms with van der Waals surface area (Å²) >= 11 is 0. The van der Waals surface area contributed by atoms with Gasteiger partial charge in [-0.05, 0) is 36.4 Å². The number of rotatable bonds is 5. The largest absolute Gasteiger partial charge is 0.416 e. The SMILES string of the molecule is Cn1cc(S(=O)(=O)n2ccc(C(=O)Nc3ccc(C(F)(F)F)cc3)c2)cc1C(N)=O. The van der Waals surface area contributed by atoms with Gasteiger partial charge in [0.25, 0.3) is 21.8 Å². The maximum atomic E-state index is 12.7. The topological polar surface area (TPSA) is 116 Å². The van der Waals surface area contributed by atoms with E-state index in [-0.39, 0.29) is 21.8 Å². The summed E-state index contributed by atoms with van der Waals surface area (Å²) in [7, 11) is -2.64. The van der Waals surface area contributed by atoms with Gasteiger partial charge in [0.1, 0.15) is 10.6 Å². The number of carbonyl (C=O) groups is 2. The van der Waals surface area contributed by atoms with Gasteiger partial charge >= 0.3 is 6.18 Å². The number of aryl methyl sites for hydroxylation is 1. The second kappa shape index (κ2) is 7.37. The van der Waals surface area contributed by atoms with E-state index in [9.17, 15) is 31.2 Å². The zero-order chi connectivity index (χ0) is 22.3. The molecule has 0 saturated carbocycles. The number of alkyl halides is 3. The second-order valence-corrected chi connectivity index (χ2v) is 8.14. The van der Waals surface area contributed by atoms with Crippen LogP contribution in [0.1, 0.15) is 26.4 Å². The number of aromatic nitrogens is 2. The molecule has 8 nitrogen and oxygen atoms in total. The van der Waals surface area contributed by atoms with Crippen molar-refractivity contribution in [2.45, 2.75) is 11.1 Å². The summed E-state index contributed by atoms with van der Waals surface area (Å²) in [5.74, 6) is -1.52. The fraction of sp³-hybridized carbons (Fsp3) is 0.111. The van der Waals surface area contributed by atoms with Crippen molar-refractivity contribution in [1.29, 1.82) is 0 Å². The number of halogens is 3. The van der Waals surface area contributed by atoms with Crippen LogP contribution >= 0.6 is 0 Å². The fourth-order valence-corrected chi connectivity index (χ4v) is 3.92. The van der Waals surface area contributed by atoms with Crippen LogP contribution in [0.5, 0.6) is 0 Å². The van der Waals surface area contributed by atoms with Crippen molar-refractivity contribution >= 4 is 27.5 Å². The standard InChI is InChI=1S/C18H15F3N4O4S/c1-24-10-14(8-15(24)16(22)26)30(28,29)25-7-6-11(9-25)17(27)23-13-4-2-12(3-5-13)18(19,20)21/h2-10H,1H3,(H2,22,26)(H,23,27). The predicted octanol–water partition coefficient (Wildman–Crippen LogP) is 2.43. The van der Waals surface area contributed by atoms with Crippen molar-refractivity contribution in [3.05, 3.63) is 71.8 Å². The van der Waals surface area contributed by atoms with Crippen molar-refractivity contribution in [3.63, 3.8) is 0 Å². The highest BCUT2D eigenvalue weighted by atomic mass is 32.2. The summed E-state index contributed by atoms with van der Waals surface area (Å²) in [6.07, 6.45) is -1.11. The molecule has 158 valence electrons. The summed E-state index contributed by atoms with van der Waals surface area (Å²) in [5.41, 5.74) is 4.38. The molecule has 0 saturated heterocycles. The Morgan fingerprint density at radius 2 is 1.70 bits per heavy atom. The van der Waals surface area contributed by atoms with Crippen LogP contribution in [0.3, 0.4) is 0 Å². The number of nitrogens with two attached hydrogens (primary N) is 1. The van der Waals surface area contributed by atoms with Crippen LogP contribution in [0, 0.1) is 0 Å². The molecule has 1 aromatic carbocycles. The number of anilines is 1. The smallest absolute Gasteiger partial charge is 0.364 e. The van der Waals surface area contributed by atoms with E-state index in [1.165, 1.54) is 23.9 Å². The molecule has 2 heterocycles. The Balaban J connectivity index is 1.81. The minimum Gasteiger partial charge on any atom is -0.364 e. The highest BCUT2D eigenvalue weighted by Crippen LogP contribution is 2.30. The lowest BCUT2D eigenvalue weighted by Crippen LogP contribution is -2.14. The van der Waals surface area contributed by atoms with Gasteiger partial charge in [0.2, 0.25) is 0 Å². The van der Waals surface area contributed by atoms with Gasteiger partial charge in [0.15, 0.2) is 0 Å². The van der Waals surface area contributed by atoms with Gasteiger partial charge in [-0.15, -0.1) is 0 Å². The van der Waals surface area contributed by atoms with E-state index < -0.39 is 33.6 Å². The third-order valence-electron chi connectivity index (χ3n) is 4.21. The molecule has 30 heavy (non-hydrogen) atoms. The first-order valence-electron chi connectivity index (χ1n) is 8.28. The third kappa shape index (κ3) is 4.08. The molecule has 2 aromatic heterocycles. The van der Waals surface area contributed by atoms with E-state index in [4.69, 9.17) is 5.73 Å². The van der Waals surface area contributed by atoms with Crippen LogP contribution in [-0.4, -0.2) is 28.8 Å². The quantitative estimate of drug-likeness (QED) is 0.634. The number of amides is 2. The van der Waals surface area contributed by atoms with E-state index in [0.717, 1.165) is 46.7 Å². The van der Waals surface area contributed by atoms with E-state index in [1.807, 2.05) is 0 Å². The Kier molecular flexibility index (Phi) is 5.20. The van der Waals surface area contributed by atoms with E-state index in [2.05, 4.69) is 5.32 Å². The summed E-state index contributed by atoms with van der Waals surface area (Å²) in [5, 5.41) is 2.39. The van der Waals surface area contributed by atoms with Crippen LogP contribution in [0.2, 0.25) is 0 Å². The zero-order valence-corrected chi connectivity index (χ0v) is 16.2. The average molecular weight is 440 g/mol. The molecule has 12 heteroatoms. The highest BCUT2D eigenvalue weighted by molar-refractivity contribution is 7.90. The molecule has 0 aliphatic heterocycles. The Morgan fingerprint density at radius 1 is 1.07 bits per heavy atom. The summed E-state index contributed by atoms with van der Waals surface area (Å²) in [6, 6.07) is 6.15. The minimum atomic E-state index is -4.50. The number of carbonyl (C=O) groups excluding carboxylic acids is 2. The van der Waals surface area contributed by atoms with Gasteiger partial charge in [-0.25, -0.2) is 12.4 Å². The zero-order valence-electron chi connectivity index (χ0n) is 15.3. The lowest BCUT2D eigenvalue weighted by atomic mass is 10.2. The normalized spacial score (nSPS) is 12.0. The first kappa shape index (κ1) is 21.2. The van der Waals surface area contributed by atoms with Crippen molar-refractivity contribution in [1.82, 2.24) is 8.54 Å². The molecule has 0 atom stereocenters. The molecular formula is C18H15F3N4O4S. The van der Waals surface area contributed by atoms with Gasteiger partial charge in [-0.3, -0.25) is 9.59 Å². The molecule has 0 radical (unpaired) electrons. The van der Waals surface area contributed by atoms with Crippen LogP contribution in [0.25, 0.3) is 0 Å². The van der Waals surface area contributed by atoms with E-state index in [0.29, 0.717) is 0 Å². The van der Waals surface area contributed by atoms with Crippen LogP contribution in [0.15, 0.2) is 59.9 Å². The molecule has 0 spiro atoms. The summed E-state index contributed by atoms with van der Waals surface area (Å²) in [4.78, 5) is 23.4. The molecule has 3 N–H and O–H groups in total. The number of benzene rings is 1. The molecule has 0 aliphatic carbocycles. The molecular weight excluding hydrogens is 425 g/mol. The van der Waals surface area contributed by atoms with Gasteiger partial charge in [-0.2, -0.15) is 13.2 Å². The minimum absolute atomic E-state index is 0.0130. The molecule has 0 aliphatic rings. The van der Waals surface area contributed by atoms with Crippen molar-refractivity contribution in [2.75, 3.05) is 5.32 Å². The van der Waals surface area contributed by atoms with Crippen molar-refractivity contribution in [3.8, 4) is 0 Å². The number of hydrogen-bond acceptors (Lipinski definition) is 4. The lowest BCUT2D eigenvalue weighted by molar-refractivity contribution is -0.137.